The van der Waals surface area contributed by atoms with Crippen LogP contribution in [0, 0.1) is 0 Å². The summed E-state index contributed by atoms with van der Waals surface area (Å²) in [7, 11) is 1.84. The van der Waals surface area contributed by atoms with E-state index in [9.17, 15) is 4.79 Å². The van der Waals surface area contributed by atoms with Crippen LogP contribution in [0.4, 0.5) is 4.79 Å². The molecule has 0 bridgehead atoms. The van der Waals surface area contributed by atoms with E-state index in [-0.39, 0.29) is 6.03 Å². The van der Waals surface area contributed by atoms with Gasteiger partial charge in [-0.05, 0) is 11.6 Å². The molecule has 1 saturated heterocycles. The molecule has 15 heavy (non-hydrogen) atoms. The van der Waals surface area contributed by atoms with E-state index in [0.717, 1.165) is 23.1 Å². The first-order valence-electron chi connectivity index (χ1n) is 4.92. The van der Waals surface area contributed by atoms with Crippen LogP contribution in [-0.4, -0.2) is 36.0 Å². The monoisotopic (exact) mass is 268 g/mol. The molecule has 2 amide bonds. The average molecular weight is 269 g/mol. The second kappa shape index (κ2) is 4.23. The highest BCUT2D eigenvalue weighted by atomic mass is 79.9. The van der Waals surface area contributed by atoms with Crippen LogP contribution in [0.1, 0.15) is 5.56 Å². The number of hydrogen-bond acceptors (Lipinski definition) is 1. The smallest absolute Gasteiger partial charge is 0.320 e. The fourth-order valence-corrected chi connectivity index (χ4v) is 2.09. The second-order valence-electron chi connectivity index (χ2n) is 3.72. The Morgan fingerprint density at radius 2 is 2.07 bits per heavy atom. The van der Waals surface area contributed by atoms with Gasteiger partial charge in [0.15, 0.2) is 0 Å². The van der Waals surface area contributed by atoms with Crippen molar-refractivity contribution >= 4 is 22.0 Å². The van der Waals surface area contributed by atoms with E-state index in [1.165, 1.54) is 0 Å². The Labute approximate surface area is 97.8 Å². The van der Waals surface area contributed by atoms with Crippen LogP contribution in [0.25, 0.3) is 0 Å². The van der Waals surface area contributed by atoms with E-state index >= 15 is 0 Å². The van der Waals surface area contributed by atoms with Gasteiger partial charge in [0.25, 0.3) is 0 Å². The lowest BCUT2D eigenvalue weighted by Gasteiger charge is -2.16. The van der Waals surface area contributed by atoms with Crippen LogP contribution in [0.2, 0.25) is 0 Å². The number of likely N-dealkylation sites (N-methyl/N-ethyl adjacent to an activating group) is 1. The van der Waals surface area contributed by atoms with E-state index in [1.54, 1.807) is 4.90 Å². The molecule has 0 unspecified atom stereocenters. The van der Waals surface area contributed by atoms with Gasteiger partial charge in [-0.2, -0.15) is 0 Å². The van der Waals surface area contributed by atoms with Crippen molar-refractivity contribution in [2.75, 3.05) is 20.1 Å². The molecular weight excluding hydrogens is 256 g/mol. The van der Waals surface area contributed by atoms with Gasteiger partial charge in [-0.1, -0.05) is 34.1 Å². The molecule has 0 aliphatic carbocycles. The van der Waals surface area contributed by atoms with Crippen LogP contribution in [-0.2, 0) is 6.54 Å². The number of carbonyl (C=O) groups excluding carboxylic acids is 1. The molecule has 1 fully saturated rings. The van der Waals surface area contributed by atoms with Gasteiger partial charge in [0.2, 0.25) is 0 Å². The third-order valence-electron chi connectivity index (χ3n) is 2.62. The van der Waals surface area contributed by atoms with Gasteiger partial charge in [-0.3, -0.25) is 0 Å². The van der Waals surface area contributed by atoms with Crippen molar-refractivity contribution in [3.8, 4) is 0 Å². The Balaban J connectivity index is 2.10. The first-order valence-corrected chi connectivity index (χ1v) is 5.71. The maximum atomic E-state index is 11.7. The molecule has 0 saturated carbocycles. The highest BCUT2D eigenvalue weighted by molar-refractivity contribution is 9.10. The molecule has 0 N–H and O–H groups in total. The normalized spacial score (nSPS) is 16.3. The molecule has 3 nitrogen and oxygen atoms in total. The van der Waals surface area contributed by atoms with E-state index in [4.69, 9.17) is 0 Å². The van der Waals surface area contributed by atoms with E-state index in [0.29, 0.717) is 6.54 Å². The molecule has 4 heteroatoms. The minimum absolute atomic E-state index is 0.116. The molecule has 0 radical (unpaired) electrons. The van der Waals surface area contributed by atoms with Crippen molar-refractivity contribution in [2.24, 2.45) is 0 Å². The lowest BCUT2D eigenvalue weighted by molar-refractivity contribution is 0.197. The number of hydrogen-bond donors (Lipinski definition) is 0. The van der Waals surface area contributed by atoms with Gasteiger partial charge in [0.05, 0.1) is 0 Å². The maximum Gasteiger partial charge on any atom is 0.320 e. The zero-order chi connectivity index (χ0) is 10.8. The zero-order valence-electron chi connectivity index (χ0n) is 8.61. The van der Waals surface area contributed by atoms with Gasteiger partial charge in [-0.15, -0.1) is 0 Å². The van der Waals surface area contributed by atoms with Crippen LogP contribution in [0.15, 0.2) is 28.7 Å². The third kappa shape index (κ3) is 2.15. The molecule has 1 aromatic carbocycles. The number of rotatable bonds is 2. The summed E-state index contributed by atoms with van der Waals surface area (Å²) in [5, 5.41) is 0. The molecule has 80 valence electrons. The van der Waals surface area contributed by atoms with Gasteiger partial charge in [-0.25, -0.2) is 4.79 Å². The van der Waals surface area contributed by atoms with E-state index in [2.05, 4.69) is 15.9 Å². The summed E-state index contributed by atoms with van der Waals surface area (Å²) in [6.07, 6.45) is 0. The van der Waals surface area contributed by atoms with Crippen LogP contribution >= 0.6 is 15.9 Å². The fourth-order valence-electron chi connectivity index (χ4n) is 1.68. The van der Waals surface area contributed by atoms with Crippen molar-refractivity contribution in [1.29, 1.82) is 0 Å². The number of amides is 2. The lowest BCUT2D eigenvalue weighted by Crippen LogP contribution is -2.29. The number of urea groups is 1. The zero-order valence-corrected chi connectivity index (χ0v) is 10.2. The fraction of sp³-hybridized carbons (Fsp3) is 0.364. The highest BCUT2D eigenvalue weighted by Gasteiger charge is 2.25. The van der Waals surface area contributed by atoms with Crippen molar-refractivity contribution in [3.63, 3.8) is 0 Å². The molecular formula is C11H13BrN2O. The Morgan fingerprint density at radius 3 is 2.67 bits per heavy atom. The Bertz CT molecular complexity index is 381. The van der Waals surface area contributed by atoms with Crippen molar-refractivity contribution in [2.45, 2.75) is 6.54 Å². The molecule has 1 aliphatic rings. The third-order valence-corrected chi connectivity index (χ3v) is 3.40. The van der Waals surface area contributed by atoms with Gasteiger partial charge >= 0.3 is 6.03 Å². The van der Waals surface area contributed by atoms with Crippen molar-refractivity contribution < 1.29 is 4.79 Å². The summed E-state index contributed by atoms with van der Waals surface area (Å²) in [5.74, 6) is 0. The SMILES string of the molecule is CN1CCN(Cc2ccccc2Br)C1=O. The molecule has 1 heterocycles. The predicted molar refractivity (Wildman–Crippen MR) is 62.6 cm³/mol. The summed E-state index contributed by atoms with van der Waals surface area (Å²) in [5.41, 5.74) is 1.15. The van der Waals surface area contributed by atoms with Crippen LogP contribution in [0.5, 0.6) is 0 Å². The lowest BCUT2D eigenvalue weighted by atomic mass is 10.2. The van der Waals surface area contributed by atoms with Crippen LogP contribution < -0.4 is 0 Å². The first kappa shape index (κ1) is 10.5. The van der Waals surface area contributed by atoms with Gasteiger partial charge in [0, 0.05) is 31.2 Å². The standard InChI is InChI=1S/C11H13BrN2O/c1-13-6-7-14(11(13)15)8-9-4-2-3-5-10(9)12/h2-5H,6-8H2,1H3. The second-order valence-corrected chi connectivity index (χ2v) is 4.57. The summed E-state index contributed by atoms with van der Waals surface area (Å²) in [6.45, 7) is 2.32. The summed E-state index contributed by atoms with van der Waals surface area (Å²) in [6, 6.07) is 8.12. The summed E-state index contributed by atoms with van der Waals surface area (Å²) < 4.78 is 1.06. The molecule has 0 spiro atoms. The number of halogens is 1. The molecule has 1 aliphatic heterocycles. The van der Waals surface area contributed by atoms with Crippen LogP contribution in [0.3, 0.4) is 0 Å². The topological polar surface area (TPSA) is 23.6 Å². The van der Waals surface area contributed by atoms with Gasteiger partial charge < -0.3 is 9.80 Å². The van der Waals surface area contributed by atoms with Crippen molar-refractivity contribution in [1.82, 2.24) is 9.80 Å². The maximum absolute atomic E-state index is 11.7. The minimum atomic E-state index is 0.116. The molecule has 1 aromatic rings. The van der Waals surface area contributed by atoms with E-state index in [1.807, 2.05) is 36.2 Å². The Morgan fingerprint density at radius 1 is 1.33 bits per heavy atom. The van der Waals surface area contributed by atoms with Crippen molar-refractivity contribution in [3.05, 3.63) is 34.3 Å². The number of carbonyl (C=O) groups is 1. The number of benzene rings is 1. The first-order chi connectivity index (χ1) is 7.18. The molecule has 0 aromatic heterocycles. The molecule has 2 rings (SSSR count). The highest BCUT2D eigenvalue weighted by Crippen LogP contribution is 2.19. The van der Waals surface area contributed by atoms with E-state index < -0.39 is 0 Å². The Hall–Kier alpha value is -1.03. The predicted octanol–water partition coefficient (Wildman–Crippen LogP) is 2.32. The average Bonchev–Trinajstić information content (AvgIpc) is 2.53. The minimum Gasteiger partial charge on any atom is -0.326 e. The quantitative estimate of drug-likeness (QED) is 0.808. The largest absolute Gasteiger partial charge is 0.326 e. The van der Waals surface area contributed by atoms with Gasteiger partial charge in [0.1, 0.15) is 0 Å². The summed E-state index contributed by atoms with van der Waals surface area (Å²) in [4.78, 5) is 15.3. The summed E-state index contributed by atoms with van der Waals surface area (Å²) >= 11 is 3.49. The molecule has 0 atom stereocenters. The number of nitrogens with zero attached hydrogens (tertiary/aromatic N) is 2. The Kier molecular flexibility index (Phi) is 2.95.